The molecule has 0 fully saturated rings. The van der Waals surface area contributed by atoms with Gasteiger partial charge in [0.15, 0.2) is 0 Å². The first kappa shape index (κ1) is 17.5. The summed E-state index contributed by atoms with van der Waals surface area (Å²) in [5.74, 6) is 0.591. The average molecular weight is 365 g/mol. The number of carbonyl (C=O) groups excluding carboxylic acids is 1. The van der Waals surface area contributed by atoms with Crippen LogP contribution < -0.4 is 4.90 Å². The van der Waals surface area contributed by atoms with Crippen LogP contribution in [0.5, 0.6) is 0 Å². The van der Waals surface area contributed by atoms with Gasteiger partial charge in [-0.2, -0.15) is 0 Å². The van der Waals surface area contributed by atoms with Gasteiger partial charge in [0.05, 0.1) is 23.8 Å². The van der Waals surface area contributed by atoms with E-state index in [2.05, 4.69) is 0 Å². The molecular weight excluding hydrogens is 342 g/mol. The van der Waals surface area contributed by atoms with E-state index in [-0.39, 0.29) is 12.1 Å². The molecule has 0 aliphatic carbocycles. The monoisotopic (exact) mass is 365 g/mol. The predicted octanol–water partition coefficient (Wildman–Crippen LogP) is 3.56. The van der Waals surface area contributed by atoms with E-state index < -0.39 is 6.10 Å². The summed E-state index contributed by atoms with van der Waals surface area (Å²) in [5, 5.41) is 10.8. The van der Waals surface area contributed by atoms with Crippen LogP contribution in [0.25, 0.3) is 11.0 Å². The highest BCUT2D eigenvalue weighted by Gasteiger charge is 2.31. The summed E-state index contributed by atoms with van der Waals surface area (Å²) in [5.41, 5.74) is 4.44. The maximum absolute atomic E-state index is 12.3. The fraction of sp³-hybridized carbons (Fsp3) is 0.333. The van der Waals surface area contributed by atoms with Crippen LogP contribution in [-0.4, -0.2) is 33.9 Å². The van der Waals surface area contributed by atoms with Crippen LogP contribution in [0.1, 0.15) is 36.4 Å². The minimum atomic E-state index is -0.807. The van der Waals surface area contributed by atoms with Gasteiger partial charge in [-0.15, -0.1) is 0 Å². The van der Waals surface area contributed by atoms with Gasteiger partial charge in [0, 0.05) is 18.7 Å². The van der Waals surface area contributed by atoms with Crippen LogP contribution in [0.4, 0.5) is 10.5 Å². The number of methoxy groups -OCH3 is 1. The molecule has 140 valence electrons. The number of aliphatic hydroxyl groups excluding tert-OH is 1. The highest BCUT2D eigenvalue weighted by Crippen LogP contribution is 2.37. The van der Waals surface area contributed by atoms with Crippen molar-refractivity contribution in [1.29, 1.82) is 0 Å². The second-order valence-corrected chi connectivity index (χ2v) is 7.00. The Morgan fingerprint density at radius 3 is 2.70 bits per heavy atom. The first-order chi connectivity index (χ1) is 13.0. The molecule has 0 saturated carbocycles. The van der Waals surface area contributed by atoms with Crippen molar-refractivity contribution < 1.29 is 14.6 Å². The molecule has 0 saturated heterocycles. The van der Waals surface area contributed by atoms with Crippen LogP contribution >= 0.6 is 0 Å². The highest BCUT2D eigenvalue weighted by atomic mass is 16.5. The van der Waals surface area contributed by atoms with Crippen molar-refractivity contribution in [1.82, 2.24) is 9.55 Å². The molecule has 2 atom stereocenters. The Hall–Kier alpha value is -2.86. The zero-order valence-electron chi connectivity index (χ0n) is 15.7. The first-order valence-electron chi connectivity index (χ1n) is 9.11. The SMILES string of the molecule is COC(=O)N1c2ccc3c(nc([C@@H](O)c4ccccc4)n3C)c2CC[C@@H]1C. The van der Waals surface area contributed by atoms with Crippen LogP contribution in [-0.2, 0) is 18.2 Å². The van der Waals surface area contributed by atoms with E-state index in [1.54, 1.807) is 4.90 Å². The molecule has 1 aliphatic rings. The minimum Gasteiger partial charge on any atom is -0.452 e. The Labute approximate surface area is 158 Å². The number of amides is 1. The number of aliphatic hydroxyl groups is 1. The van der Waals surface area contributed by atoms with Gasteiger partial charge in [0.25, 0.3) is 0 Å². The number of benzene rings is 2. The summed E-state index contributed by atoms with van der Waals surface area (Å²) in [6.45, 7) is 2.02. The van der Waals surface area contributed by atoms with Crippen LogP contribution in [0.15, 0.2) is 42.5 Å². The smallest absolute Gasteiger partial charge is 0.414 e. The molecule has 3 aromatic rings. The predicted molar refractivity (Wildman–Crippen MR) is 104 cm³/mol. The molecule has 27 heavy (non-hydrogen) atoms. The minimum absolute atomic E-state index is 0.0699. The molecule has 1 N–H and O–H groups in total. The number of imidazole rings is 1. The molecule has 6 nitrogen and oxygen atoms in total. The number of ether oxygens (including phenoxy) is 1. The molecule has 0 radical (unpaired) electrons. The maximum Gasteiger partial charge on any atom is 0.414 e. The molecule has 2 aromatic carbocycles. The van der Waals surface area contributed by atoms with Crippen molar-refractivity contribution >= 4 is 22.8 Å². The highest BCUT2D eigenvalue weighted by molar-refractivity contribution is 5.95. The zero-order valence-corrected chi connectivity index (χ0v) is 15.7. The lowest BCUT2D eigenvalue weighted by Crippen LogP contribution is -2.42. The molecule has 1 aromatic heterocycles. The second kappa shape index (κ2) is 6.70. The van der Waals surface area contributed by atoms with Gasteiger partial charge in [-0.05, 0) is 37.5 Å². The van der Waals surface area contributed by atoms with E-state index in [0.717, 1.165) is 40.7 Å². The number of hydrogen-bond acceptors (Lipinski definition) is 4. The Morgan fingerprint density at radius 1 is 1.26 bits per heavy atom. The lowest BCUT2D eigenvalue weighted by atomic mass is 9.96. The molecule has 6 heteroatoms. The second-order valence-electron chi connectivity index (χ2n) is 7.00. The summed E-state index contributed by atoms with van der Waals surface area (Å²) < 4.78 is 6.90. The van der Waals surface area contributed by atoms with Crippen molar-refractivity contribution in [3.8, 4) is 0 Å². The third-order valence-corrected chi connectivity index (χ3v) is 5.41. The van der Waals surface area contributed by atoms with Gasteiger partial charge in [0.1, 0.15) is 11.9 Å². The Balaban J connectivity index is 1.85. The van der Waals surface area contributed by atoms with Crippen LogP contribution in [0.3, 0.4) is 0 Å². The first-order valence-corrected chi connectivity index (χ1v) is 9.11. The van der Waals surface area contributed by atoms with E-state index in [4.69, 9.17) is 9.72 Å². The lowest BCUT2D eigenvalue weighted by Gasteiger charge is -2.34. The Kier molecular flexibility index (Phi) is 4.36. The molecule has 0 bridgehead atoms. The number of aryl methyl sites for hydroxylation is 2. The number of fused-ring (bicyclic) bond motifs is 3. The largest absolute Gasteiger partial charge is 0.452 e. The van der Waals surface area contributed by atoms with Crippen molar-refractivity contribution in [2.24, 2.45) is 7.05 Å². The molecule has 4 rings (SSSR count). The zero-order chi connectivity index (χ0) is 19.1. The summed E-state index contributed by atoms with van der Waals surface area (Å²) in [6.07, 6.45) is 0.509. The number of rotatable bonds is 2. The standard InChI is InChI=1S/C21H23N3O3/c1-13-9-10-15-16(24(13)21(26)27-3)11-12-17-18(15)22-20(23(17)2)19(25)14-7-5-4-6-8-14/h4-8,11-13,19,25H,9-10H2,1-3H3/t13-,19-/m0/s1. The van der Waals surface area contributed by atoms with Crippen LogP contribution in [0.2, 0.25) is 0 Å². The molecule has 0 spiro atoms. The number of carbonyl (C=O) groups is 1. The molecule has 2 heterocycles. The van der Waals surface area contributed by atoms with Gasteiger partial charge in [-0.1, -0.05) is 30.3 Å². The number of hydrogen-bond donors (Lipinski definition) is 1. The van der Waals surface area contributed by atoms with Gasteiger partial charge >= 0.3 is 6.09 Å². The van der Waals surface area contributed by atoms with Gasteiger partial charge in [-0.3, -0.25) is 4.90 Å². The van der Waals surface area contributed by atoms with Gasteiger partial charge in [0.2, 0.25) is 0 Å². The quantitative estimate of drug-likeness (QED) is 0.754. The fourth-order valence-electron chi connectivity index (χ4n) is 3.92. The normalized spacial score (nSPS) is 17.6. The van der Waals surface area contributed by atoms with Crippen molar-refractivity contribution in [2.45, 2.75) is 31.9 Å². The van der Waals surface area contributed by atoms with Crippen molar-refractivity contribution in [3.63, 3.8) is 0 Å². The third kappa shape index (κ3) is 2.77. The Bertz CT molecular complexity index is 997. The topological polar surface area (TPSA) is 67.6 Å². The van der Waals surface area contributed by atoms with Crippen molar-refractivity contribution in [2.75, 3.05) is 12.0 Å². The number of nitrogens with zero attached hydrogens (tertiary/aromatic N) is 3. The third-order valence-electron chi connectivity index (χ3n) is 5.41. The summed E-state index contributed by atoms with van der Waals surface area (Å²) >= 11 is 0. The van der Waals surface area contributed by atoms with Gasteiger partial charge in [-0.25, -0.2) is 9.78 Å². The fourth-order valence-corrected chi connectivity index (χ4v) is 3.92. The lowest BCUT2D eigenvalue weighted by molar-refractivity contribution is 0.175. The number of anilines is 1. The van der Waals surface area contributed by atoms with E-state index in [1.807, 2.05) is 61.0 Å². The molecule has 1 amide bonds. The molecule has 1 aliphatic heterocycles. The van der Waals surface area contributed by atoms with Gasteiger partial charge < -0.3 is 14.4 Å². The molecular formula is C21H23N3O3. The Morgan fingerprint density at radius 2 is 2.00 bits per heavy atom. The summed E-state index contributed by atoms with van der Waals surface area (Å²) in [7, 11) is 3.31. The number of aromatic nitrogens is 2. The van der Waals surface area contributed by atoms with E-state index in [0.29, 0.717) is 5.82 Å². The summed E-state index contributed by atoms with van der Waals surface area (Å²) in [6, 6.07) is 13.5. The van der Waals surface area contributed by atoms with E-state index in [1.165, 1.54) is 7.11 Å². The average Bonchev–Trinajstić information content (AvgIpc) is 3.04. The summed E-state index contributed by atoms with van der Waals surface area (Å²) in [4.78, 5) is 18.8. The van der Waals surface area contributed by atoms with E-state index in [9.17, 15) is 9.90 Å². The van der Waals surface area contributed by atoms with Crippen molar-refractivity contribution in [3.05, 3.63) is 59.4 Å². The van der Waals surface area contributed by atoms with E-state index >= 15 is 0 Å². The van der Waals surface area contributed by atoms with Crippen LogP contribution in [0, 0.1) is 0 Å². The molecule has 0 unspecified atom stereocenters. The maximum atomic E-state index is 12.3.